The summed E-state index contributed by atoms with van der Waals surface area (Å²) in [7, 11) is 0. The SMILES string of the molecule is C[C@H](CC[C@@H](O[C@@H]1O[C@H](CO)[C@@H](O)[C@H](O)[C@H]1O)C(C)(C)O)C1CC[C@@]2(C)C3CC=C4C(CC[C@H](O[C@@H]5O[C@H](CO[C@@H]6O[C@H](CO)[C@@H](O)[C@H](O)[C@H]6O)[C@@H](O)[C@H](O)[C@H]5O)C4(C)C)[C@]3(C)[C@H](O)C[C@]12C.C[C@H](CC[C@@H](O[C@@H]1O[C@H](COC2O[C@H](CO)[C@@H](O)[C@H](O)[C@H]2O)[C@@H](O)[C@H](O)[C@H]1O)C(C)(C)O)C1CC[C@@]2(C)C3CC=C4C(CC[C@H](O[C@@H]5O[C@H](CO)[C@@H](O)[C@H](O)[C@H]5O)C4(C)C)[C@]3(C)[C@H](O)C[C@]12C. The molecule has 0 bridgehead atoms. The zero-order chi connectivity index (χ0) is 99.0. The molecule has 0 radical (unpaired) electrons. The van der Waals surface area contributed by atoms with Crippen LogP contribution < -0.4 is 0 Å². The van der Waals surface area contributed by atoms with Crippen LogP contribution in [-0.2, 0) is 56.8 Å². The molecule has 14 aliphatic rings. The van der Waals surface area contributed by atoms with Crippen molar-refractivity contribution in [3.8, 4) is 0 Å². The van der Waals surface area contributed by atoms with E-state index in [-0.39, 0.29) is 69.0 Å². The van der Waals surface area contributed by atoms with Crippen LogP contribution in [-0.4, -0.2) is 404 Å². The molecule has 6 saturated carbocycles. The molecular formula is C96H164O38. The first kappa shape index (κ1) is 109. The van der Waals surface area contributed by atoms with Crippen molar-refractivity contribution in [1.82, 2.24) is 0 Å². The Kier molecular flexibility index (Phi) is 33.5. The molecule has 134 heavy (non-hydrogen) atoms. The van der Waals surface area contributed by atoms with Crippen LogP contribution in [0, 0.1) is 90.7 Å². The normalized spacial score (nSPS) is 51.0. The van der Waals surface area contributed by atoms with Gasteiger partial charge in [-0.3, -0.25) is 0 Å². The zero-order valence-corrected chi connectivity index (χ0v) is 80.6. The third-order valence-electron chi connectivity index (χ3n) is 37.3. The minimum atomic E-state index is -1.75. The summed E-state index contributed by atoms with van der Waals surface area (Å²) in [6.45, 7) is 29.6. The molecule has 0 spiro atoms. The first-order chi connectivity index (χ1) is 62.4. The molecule has 14 rings (SSSR count). The number of allylic oxidation sites excluding steroid dienone is 2. The van der Waals surface area contributed by atoms with Gasteiger partial charge in [-0.2, -0.15) is 0 Å². The number of aliphatic hydroxyl groups excluding tert-OH is 24. The molecule has 0 aromatic rings. The standard InChI is InChI=1S/2C48H82O19/c1-21(9-13-31(45(4,5)61)67-42-39(59)36(56)33(53)26(19-50)64-42)22-15-16-46(6)28-12-10-23-24(48(28,8)29(51)17-47(22,46)7)11-14-30(44(23,2)3)66-43-40(60)37(57)34(54)27(65-43)20-62-41-38(58)35(55)32(52)25(18-49)63-41;1-21(9-13-31(45(4,5)61)67-43-40(60)37(57)34(54)27(65-43)20-62-41-38(58)35(55)32(52)25(18-49)63-41)22-15-16-46(6)28-12-10-23-24(48(28,8)29(51)17-47(22,46)7)11-14-30(44(23,2)3)66-42-39(59)36(56)33(53)26(19-50)64-42/h2*10,21-22,24-43,49-61H,9,11-20H2,1-8H3/t21-,22?,24?,25-,26-,27-,28?,29-,30+,31-,32-,33-,34-,35+,36+,37+,38-,39-,40-,41-,42+,43+,46+,47-,48+;21-,22?,24?,25-,26-,27-,28?,29-,30+,31-,32-,33-,34-,35+,36+,37+,38-,39-,40-,41?,42+,43+,46+,47-,48+/m11/s1. The molecule has 50 atom stereocenters. The fourth-order valence-corrected chi connectivity index (χ4v) is 28.3. The lowest BCUT2D eigenvalue weighted by Gasteiger charge is -2.67. The van der Waals surface area contributed by atoms with Crippen molar-refractivity contribution in [2.24, 2.45) is 90.7 Å². The van der Waals surface area contributed by atoms with E-state index in [1.54, 1.807) is 27.7 Å². The van der Waals surface area contributed by atoms with Crippen LogP contribution in [0.25, 0.3) is 0 Å². The van der Waals surface area contributed by atoms with Crippen LogP contribution in [0.1, 0.15) is 214 Å². The highest BCUT2D eigenvalue weighted by Gasteiger charge is 2.73. The molecular weight excluding hydrogens is 1760 g/mol. The average Bonchev–Trinajstić information content (AvgIpc) is 1.40. The second kappa shape index (κ2) is 41.1. The molecule has 776 valence electrons. The summed E-state index contributed by atoms with van der Waals surface area (Å²) in [5.41, 5.74) is -3.25. The Labute approximate surface area is 785 Å². The van der Waals surface area contributed by atoms with Gasteiger partial charge in [0.2, 0.25) is 0 Å². The first-order valence-corrected chi connectivity index (χ1v) is 49.1. The van der Waals surface area contributed by atoms with Crippen LogP contribution >= 0.6 is 0 Å². The van der Waals surface area contributed by atoms with E-state index in [1.165, 1.54) is 5.57 Å². The van der Waals surface area contributed by atoms with Crippen molar-refractivity contribution in [2.75, 3.05) is 39.6 Å². The van der Waals surface area contributed by atoms with Crippen molar-refractivity contribution in [2.45, 2.75) is 446 Å². The molecule has 38 heteroatoms. The second-order valence-electron chi connectivity index (χ2n) is 46.1. The lowest BCUT2D eigenvalue weighted by Crippen LogP contribution is -2.65. The lowest BCUT2D eigenvalue weighted by molar-refractivity contribution is -0.341. The van der Waals surface area contributed by atoms with E-state index in [4.69, 9.17) is 56.8 Å². The maximum absolute atomic E-state index is 12.6. The zero-order valence-electron chi connectivity index (χ0n) is 80.6. The van der Waals surface area contributed by atoms with E-state index >= 15 is 0 Å². The summed E-state index contributed by atoms with van der Waals surface area (Å²) in [5, 5.41) is 277. The van der Waals surface area contributed by atoms with Crippen molar-refractivity contribution in [3.05, 3.63) is 23.3 Å². The maximum Gasteiger partial charge on any atom is 0.187 e. The van der Waals surface area contributed by atoms with Gasteiger partial charge in [0.1, 0.15) is 146 Å². The molecule has 0 amide bonds. The molecule has 6 heterocycles. The lowest BCUT2D eigenvalue weighted by atomic mass is 9.38. The molecule has 0 aromatic heterocycles. The summed E-state index contributed by atoms with van der Waals surface area (Å²) < 4.78 is 70.7. The second-order valence-corrected chi connectivity index (χ2v) is 46.1. The maximum atomic E-state index is 12.6. The molecule has 0 aromatic carbocycles. The van der Waals surface area contributed by atoms with Crippen LogP contribution in [0.2, 0.25) is 0 Å². The Bertz CT molecular complexity index is 3900. The van der Waals surface area contributed by atoms with E-state index < -0.39 is 293 Å². The number of aliphatic hydroxyl groups is 26. The van der Waals surface area contributed by atoms with Crippen LogP contribution in [0.15, 0.2) is 23.3 Å². The predicted molar refractivity (Wildman–Crippen MR) is 470 cm³/mol. The molecule has 8 aliphatic carbocycles. The number of rotatable bonds is 28. The van der Waals surface area contributed by atoms with Crippen LogP contribution in [0.3, 0.4) is 0 Å². The Morgan fingerprint density at radius 1 is 0.336 bits per heavy atom. The summed E-state index contributed by atoms with van der Waals surface area (Å²) in [6, 6.07) is 0. The summed E-state index contributed by atoms with van der Waals surface area (Å²) in [4.78, 5) is 0. The molecule has 26 N–H and O–H groups in total. The number of hydrogen-bond donors (Lipinski definition) is 26. The highest BCUT2D eigenvalue weighted by Crippen LogP contribution is 2.77. The Morgan fingerprint density at radius 2 is 0.604 bits per heavy atom. The van der Waals surface area contributed by atoms with E-state index in [0.717, 1.165) is 50.5 Å². The number of hydrogen-bond acceptors (Lipinski definition) is 38. The third kappa shape index (κ3) is 19.4. The summed E-state index contributed by atoms with van der Waals surface area (Å²) >= 11 is 0. The van der Waals surface area contributed by atoms with Gasteiger partial charge in [0.05, 0.1) is 87.5 Å². The van der Waals surface area contributed by atoms with Gasteiger partial charge < -0.3 is 190 Å². The largest absolute Gasteiger partial charge is 0.394 e. The highest BCUT2D eigenvalue weighted by atomic mass is 16.8. The minimum absolute atomic E-state index is 0.0188. The van der Waals surface area contributed by atoms with Gasteiger partial charge in [0.15, 0.2) is 37.7 Å². The predicted octanol–water partition coefficient (Wildman–Crippen LogP) is -2.11. The Morgan fingerprint density at radius 3 is 0.910 bits per heavy atom. The van der Waals surface area contributed by atoms with Crippen LogP contribution in [0.4, 0.5) is 0 Å². The van der Waals surface area contributed by atoms with Gasteiger partial charge in [-0.25, -0.2) is 0 Å². The topological polar surface area (TPSA) is 637 Å². The smallest absolute Gasteiger partial charge is 0.187 e. The average molecular weight is 1930 g/mol. The fourth-order valence-electron chi connectivity index (χ4n) is 28.3. The van der Waals surface area contributed by atoms with Crippen LogP contribution in [0.5, 0.6) is 0 Å². The van der Waals surface area contributed by atoms with E-state index in [9.17, 15) is 133 Å². The van der Waals surface area contributed by atoms with Crippen molar-refractivity contribution < 1.29 is 190 Å². The van der Waals surface area contributed by atoms with E-state index in [0.29, 0.717) is 57.8 Å². The molecule has 6 aliphatic heterocycles. The molecule has 12 fully saturated rings. The van der Waals surface area contributed by atoms with Gasteiger partial charge in [-0.1, -0.05) is 106 Å². The van der Waals surface area contributed by atoms with E-state index in [1.807, 2.05) is 0 Å². The first-order valence-electron chi connectivity index (χ1n) is 49.1. The number of ether oxygens (including phenoxy) is 12. The van der Waals surface area contributed by atoms with Gasteiger partial charge in [-0.05, 0) is 199 Å². The van der Waals surface area contributed by atoms with Gasteiger partial charge in [0.25, 0.3) is 0 Å². The number of fused-ring (bicyclic) bond motifs is 10. The van der Waals surface area contributed by atoms with Gasteiger partial charge in [-0.15, -0.1) is 0 Å². The summed E-state index contributed by atoms with van der Waals surface area (Å²) in [5.74, 6) is 1.11. The van der Waals surface area contributed by atoms with Crippen molar-refractivity contribution >= 4 is 0 Å². The molecule has 6 saturated heterocycles. The van der Waals surface area contributed by atoms with Crippen molar-refractivity contribution in [3.63, 3.8) is 0 Å². The highest BCUT2D eigenvalue weighted by molar-refractivity contribution is 5.34. The summed E-state index contributed by atoms with van der Waals surface area (Å²) in [6.07, 6.45) is -33.2. The van der Waals surface area contributed by atoms with E-state index in [2.05, 4.69) is 95.2 Å². The van der Waals surface area contributed by atoms with Gasteiger partial charge in [0, 0.05) is 21.7 Å². The quantitative estimate of drug-likeness (QED) is 0.0373. The third-order valence-corrected chi connectivity index (χ3v) is 37.3. The van der Waals surface area contributed by atoms with Crippen molar-refractivity contribution in [1.29, 1.82) is 0 Å². The molecule has 38 nitrogen and oxygen atoms in total. The minimum Gasteiger partial charge on any atom is -0.394 e. The monoisotopic (exact) mass is 1930 g/mol. The fraction of sp³-hybridized carbons (Fsp3) is 0.958. The Hall–Kier alpha value is -2.04. The van der Waals surface area contributed by atoms with Gasteiger partial charge >= 0.3 is 0 Å². The Balaban J connectivity index is 0.000000227. The molecule has 7 unspecified atom stereocenters.